The number of halogens is 1. The smallest absolute Gasteiger partial charge is 0.186 e. The van der Waals surface area contributed by atoms with Crippen LogP contribution in [0.1, 0.15) is 20.7 Å². The predicted octanol–water partition coefficient (Wildman–Crippen LogP) is 2.32. The van der Waals surface area contributed by atoms with Crippen LogP contribution in [0.5, 0.6) is 0 Å². The van der Waals surface area contributed by atoms with E-state index in [1.54, 1.807) is 13.1 Å². The molecule has 0 radical (unpaired) electrons. The quantitative estimate of drug-likeness (QED) is 0.792. The number of hydrogen-bond donors (Lipinski definition) is 1. The van der Waals surface area contributed by atoms with Gasteiger partial charge in [0.25, 0.3) is 0 Å². The van der Waals surface area contributed by atoms with Crippen LogP contribution in [0.4, 0.5) is 5.69 Å². The Labute approximate surface area is 91.7 Å². The van der Waals surface area contributed by atoms with Crippen LogP contribution in [-0.4, -0.2) is 18.6 Å². The van der Waals surface area contributed by atoms with Gasteiger partial charge in [-0.25, -0.2) is 0 Å². The number of carbonyl (C=O) groups is 2. The molecule has 0 unspecified atom stereocenters. The van der Waals surface area contributed by atoms with Crippen LogP contribution in [0.3, 0.4) is 0 Å². The summed E-state index contributed by atoms with van der Waals surface area (Å²) in [5.41, 5.74) is 1.41. The van der Waals surface area contributed by atoms with Gasteiger partial charge in [-0.2, -0.15) is 0 Å². The summed E-state index contributed by atoms with van der Waals surface area (Å²) >= 11 is 5.92. The molecule has 15 heavy (non-hydrogen) atoms. The van der Waals surface area contributed by atoms with Crippen molar-refractivity contribution in [3.05, 3.63) is 40.4 Å². The molecular formula is C11H8ClNO2. The average molecular weight is 222 g/mol. The van der Waals surface area contributed by atoms with Crippen molar-refractivity contribution in [2.75, 3.05) is 12.4 Å². The third kappa shape index (κ3) is 1.55. The highest BCUT2D eigenvalue weighted by molar-refractivity contribution is 6.34. The van der Waals surface area contributed by atoms with Crippen molar-refractivity contribution in [2.45, 2.75) is 0 Å². The second-order valence-electron chi connectivity index (χ2n) is 3.19. The Hall–Kier alpha value is -1.61. The summed E-state index contributed by atoms with van der Waals surface area (Å²) in [6.07, 6.45) is 2.54. The Kier molecular flexibility index (Phi) is 2.32. The molecule has 0 amide bonds. The first-order valence-electron chi connectivity index (χ1n) is 4.41. The third-order valence-corrected chi connectivity index (χ3v) is 2.61. The Morgan fingerprint density at radius 1 is 1.07 bits per heavy atom. The number of nitrogens with one attached hydrogen (secondary N) is 1. The van der Waals surface area contributed by atoms with Crippen LogP contribution in [0.2, 0.25) is 5.02 Å². The molecule has 1 aliphatic carbocycles. The number of ketones is 2. The van der Waals surface area contributed by atoms with Crippen LogP contribution >= 0.6 is 11.6 Å². The van der Waals surface area contributed by atoms with Crippen LogP contribution in [0.15, 0.2) is 24.3 Å². The highest BCUT2D eigenvalue weighted by Gasteiger charge is 2.20. The molecule has 0 saturated carbocycles. The molecule has 1 N–H and O–H groups in total. The SMILES string of the molecule is CNc1cc2c(cc1Cl)C(=O)C=CC2=O. The van der Waals surface area contributed by atoms with Gasteiger partial charge >= 0.3 is 0 Å². The molecule has 76 valence electrons. The van der Waals surface area contributed by atoms with Crippen molar-refractivity contribution < 1.29 is 9.59 Å². The highest BCUT2D eigenvalue weighted by atomic mass is 35.5. The Morgan fingerprint density at radius 2 is 1.60 bits per heavy atom. The van der Waals surface area contributed by atoms with E-state index < -0.39 is 0 Å². The maximum Gasteiger partial charge on any atom is 0.186 e. The zero-order valence-electron chi connectivity index (χ0n) is 8.00. The normalized spacial score (nSPS) is 14.0. The van der Waals surface area contributed by atoms with Gasteiger partial charge in [-0.1, -0.05) is 11.6 Å². The topological polar surface area (TPSA) is 46.2 Å². The van der Waals surface area contributed by atoms with Crippen molar-refractivity contribution in [3.63, 3.8) is 0 Å². The number of allylic oxidation sites excluding steroid dienone is 2. The molecular weight excluding hydrogens is 214 g/mol. The number of fused-ring (bicyclic) bond motifs is 1. The van der Waals surface area contributed by atoms with Gasteiger partial charge in [-0.05, 0) is 24.3 Å². The van der Waals surface area contributed by atoms with Crippen molar-refractivity contribution in [1.29, 1.82) is 0 Å². The van der Waals surface area contributed by atoms with E-state index in [0.717, 1.165) is 0 Å². The fourth-order valence-corrected chi connectivity index (χ4v) is 1.76. The molecule has 0 aromatic heterocycles. The molecule has 1 aromatic carbocycles. The predicted molar refractivity (Wildman–Crippen MR) is 58.8 cm³/mol. The van der Waals surface area contributed by atoms with E-state index in [1.807, 2.05) is 0 Å². The maximum absolute atomic E-state index is 11.5. The van der Waals surface area contributed by atoms with Gasteiger partial charge in [0.2, 0.25) is 0 Å². The molecule has 1 aliphatic rings. The number of anilines is 1. The van der Waals surface area contributed by atoms with E-state index in [-0.39, 0.29) is 11.6 Å². The summed E-state index contributed by atoms with van der Waals surface area (Å²) in [4.78, 5) is 23.0. The van der Waals surface area contributed by atoms with Crippen molar-refractivity contribution in [2.24, 2.45) is 0 Å². The number of rotatable bonds is 1. The number of carbonyl (C=O) groups excluding carboxylic acids is 2. The van der Waals surface area contributed by atoms with Crippen molar-refractivity contribution >= 4 is 28.9 Å². The van der Waals surface area contributed by atoms with Crippen LogP contribution < -0.4 is 5.32 Å². The number of benzene rings is 1. The molecule has 0 spiro atoms. The average Bonchev–Trinajstić information content (AvgIpc) is 2.23. The minimum Gasteiger partial charge on any atom is -0.387 e. The fourth-order valence-electron chi connectivity index (χ4n) is 1.50. The van der Waals surface area contributed by atoms with E-state index in [4.69, 9.17) is 11.6 Å². The first kappa shape index (κ1) is 9.93. The molecule has 2 rings (SSSR count). The Bertz CT molecular complexity index is 492. The monoisotopic (exact) mass is 221 g/mol. The largest absolute Gasteiger partial charge is 0.387 e. The summed E-state index contributed by atoms with van der Waals surface area (Å²) in [6, 6.07) is 3.12. The lowest BCUT2D eigenvalue weighted by molar-refractivity contribution is 0.0994. The Balaban J connectivity index is 2.68. The lowest BCUT2D eigenvalue weighted by Crippen LogP contribution is -2.12. The molecule has 3 nitrogen and oxygen atoms in total. The second kappa shape index (κ2) is 3.51. The summed E-state index contributed by atoms with van der Waals surface area (Å²) in [5, 5.41) is 3.30. The molecule has 4 heteroatoms. The van der Waals surface area contributed by atoms with Crippen LogP contribution in [-0.2, 0) is 0 Å². The lowest BCUT2D eigenvalue weighted by atomic mass is 9.94. The van der Waals surface area contributed by atoms with E-state index in [0.29, 0.717) is 21.8 Å². The molecule has 0 aliphatic heterocycles. The minimum absolute atomic E-state index is 0.169. The van der Waals surface area contributed by atoms with Gasteiger partial charge in [-0.3, -0.25) is 9.59 Å². The molecule has 1 aromatic rings. The van der Waals surface area contributed by atoms with E-state index in [2.05, 4.69) is 5.32 Å². The standard InChI is InChI=1S/C11H8ClNO2/c1-13-9-5-7-6(4-8(9)12)10(14)2-3-11(7)15/h2-5,13H,1H3. The first-order chi connectivity index (χ1) is 7.13. The summed E-state index contributed by atoms with van der Waals surface area (Å²) in [5.74, 6) is -0.355. The summed E-state index contributed by atoms with van der Waals surface area (Å²) in [7, 11) is 1.71. The van der Waals surface area contributed by atoms with Gasteiger partial charge in [0, 0.05) is 18.2 Å². The summed E-state index contributed by atoms with van der Waals surface area (Å²) < 4.78 is 0. The van der Waals surface area contributed by atoms with Gasteiger partial charge in [0.15, 0.2) is 11.6 Å². The van der Waals surface area contributed by atoms with E-state index in [9.17, 15) is 9.59 Å². The van der Waals surface area contributed by atoms with Gasteiger partial charge in [-0.15, -0.1) is 0 Å². The van der Waals surface area contributed by atoms with Crippen LogP contribution in [0, 0.1) is 0 Å². The lowest BCUT2D eigenvalue weighted by Gasteiger charge is -2.12. The maximum atomic E-state index is 11.5. The Morgan fingerprint density at radius 3 is 2.13 bits per heavy atom. The number of hydrogen-bond acceptors (Lipinski definition) is 3. The van der Waals surface area contributed by atoms with Crippen molar-refractivity contribution in [3.8, 4) is 0 Å². The van der Waals surface area contributed by atoms with Crippen LogP contribution in [0.25, 0.3) is 0 Å². The van der Waals surface area contributed by atoms with Gasteiger partial charge < -0.3 is 5.32 Å². The zero-order chi connectivity index (χ0) is 11.0. The van der Waals surface area contributed by atoms with Gasteiger partial charge in [0.1, 0.15) is 0 Å². The van der Waals surface area contributed by atoms with Gasteiger partial charge in [0.05, 0.1) is 10.7 Å². The fraction of sp³-hybridized carbons (Fsp3) is 0.0909. The van der Waals surface area contributed by atoms with E-state index >= 15 is 0 Å². The molecule has 0 atom stereocenters. The molecule has 0 heterocycles. The minimum atomic E-state index is -0.186. The summed E-state index contributed by atoms with van der Waals surface area (Å²) in [6.45, 7) is 0. The van der Waals surface area contributed by atoms with E-state index in [1.165, 1.54) is 18.2 Å². The first-order valence-corrected chi connectivity index (χ1v) is 4.79. The molecule has 0 bridgehead atoms. The van der Waals surface area contributed by atoms with Crippen molar-refractivity contribution in [1.82, 2.24) is 0 Å². The molecule has 0 fully saturated rings. The zero-order valence-corrected chi connectivity index (χ0v) is 8.76. The highest BCUT2D eigenvalue weighted by Crippen LogP contribution is 2.28. The third-order valence-electron chi connectivity index (χ3n) is 2.29. The molecule has 0 saturated heterocycles. The second-order valence-corrected chi connectivity index (χ2v) is 3.60.